The Morgan fingerprint density at radius 3 is 2.32 bits per heavy atom. The maximum absolute atomic E-state index is 13.7. The number of hydrogen-bond donors (Lipinski definition) is 1. The lowest BCUT2D eigenvalue weighted by atomic mass is 9.95. The third kappa shape index (κ3) is 4.94. The van der Waals surface area contributed by atoms with E-state index in [4.69, 9.17) is 0 Å². The lowest BCUT2D eigenvalue weighted by molar-refractivity contribution is -0.126. The second-order valence-corrected chi connectivity index (χ2v) is 7.58. The van der Waals surface area contributed by atoms with Crippen LogP contribution in [0.5, 0.6) is 0 Å². The summed E-state index contributed by atoms with van der Waals surface area (Å²) in [6, 6.07) is 13.8. The van der Waals surface area contributed by atoms with Crippen molar-refractivity contribution >= 4 is 11.8 Å². The molecule has 1 N–H and O–H groups in total. The molecule has 2 aromatic carbocycles. The molecule has 1 aliphatic heterocycles. The van der Waals surface area contributed by atoms with Crippen molar-refractivity contribution in [3.05, 3.63) is 84.2 Å². The SMILES string of the molecule is O=C(NCc1ccccc1F)C1CCN(C(=O)c2ccc(-c3cncnc3)cc2)CC1. The van der Waals surface area contributed by atoms with Gasteiger partial charge in [0.15, 0.2) is 0 Å². The highest BCUT2D eigenvalue weighted by molar-refractivity contribution is 5.95. The van der Waals surface area contributed by atoms with Gasteiger partial charge in [0, 0.05) is 54.6 Å². The number of likely N-dealkylation sites (tertiary alicyclic amines) is 1. The van der Waals surface area contributed by atoms with Gasteiger partial charge in [0.05, 0.1) is 0 Å². The van der Waals surface area contributed by atoms with Crippen molar-refractivity contribution in [2.75, 3.05) is 13.1 Å². The Bertz CT molecular complexity index is 1050. The molecule has 1 fully saturated rings. The van der Waals surface area contributed by atoms with Crippen LogP contribution < -0.4 is 5.32 Å². The van der Waals surface area contributed by atoms with Crippen LogP contribution in [0, 0.1) is 11.7 Å². The molecule has 1 saturated heterocycles. The van der Waals surface area contributed by atoms with Crippen molar-refractivity contribution in [2.45, 2.75) is 19.4 Å². The van der Waals surface area contributed by atoms with Crippen molar-refractivity contribution in [1.82, 2.24) is 20.2 Å². The van der Waals surface area contributed by atoms with Crippen LogP contribution in [0.25, 0.3) is 11.1 Å². The van der Waals surface area contributed by atoms with E-state index in [2.05, 4.69) is 15.3 Å². The van der Waals surface area contributed by atoms with E-state index in [0.29, 0.717) is 37.1 Å². The number of piperidine rings is 1. The van der Waals surface area contributed by atoms with Crippen LogP contribution in [0.1, 0.15) is 28.8 Å². The van der Waals surface area contributed by atoms with Crippen molar-refractivity contribution in [1.29, 1.82) is 0 Å². The number of aromatic nitrogens is 2. The molecule has 2 heterocycles. The monoisotopic (exact) mass is 418 g/mol. The van der Waals surface area contributed by atoms with Crippen LogP contribution in [-0.2, 0) is 11.3 Å². The Balaban J connectivity index is 1.29. The number of nitrogens with zero attached hydrogens (tertiary/aromatic N) is 3. The molecule has 0 unspecified atom stereocenters. The van der Waals surface area contributed by atoms with Crippen LogP contribution in [0.2, 0.25) is 0 Å². The molecule has 31 heavy (non-hydrogen) atoms. The van der Waals surface area contributed by atoms with E-state index in [1.165, 1.54) is 12.4 Å². The molecule has 0 atom stereocenters. The topological polar surface area (TPSA) is 75.2 Å². The summed E-state index contributed by atoms with van der Waals surface area (Å²) in [7, 11) is 0. The van der Waals surface area contributed by atoms with Crippen LogP contribution in [-0.4, -0.2) is 39.8 Å². The molecule has 0 bridgehead atoms. The number of carbonyl (C=O) groups is 2. The van der Waals surface area contributed by atoms with E-state index in [-0.39, 0.29) is 30.1 Å². The van der Waals surface area contributed by atoms with Gasteiger partial charge in [0.1, 0.15) is 12.1 Å². The van der Waals surface area contributed by atoms with Gasteiger partial charge in [-0.25, -0.2) is 14.4 Å². The zero-order chi connectivity index (χ0) is 21.6. The Morgan fingerprint density at radius 1 is 0.968 bits per heavy atom. The zero-order valence-corrected chi connectivity index (χ0v) is 17.0. The zero-order valence-electron chi connectivity index (χ0n) is 17.0. The lowest BCUT2D eigenvalue weighted by Gasteiger charge is -2.31. The van der Waals surface area contributed by atoms with Gasteiger partial charge in [-0.05, 0) is 36.6 Å². The fraction of sp³-hybridized carbons (Fsp3) is 0.250. The maximum Gasteiger partial charge on any atom is 0.253 e. The van der Waals surface area contributed by atoms with Crippen LogP contribution in [0.4, 0.5) is 4.39 Å². The average molecular weight is 418 g/mol. The summed E-state index contributed by atoms with van der Waals surface area (Å²) in [5.74, 6) is -0.629. The summed E-state index contributed by atoms with van der Waals surface area (Å²) >= 11 is 0. The largest absolute Gasteiger partial charge is 0.352 e. The Labute approximate surface area is 180 Å². The molecule has 2 amide bonds. The van der Waals surface area contributed by atoms with E-state index in [1.54, 1.807) is 47.6 Å². The minimum absolute atomic E-state index is 0.0407. The number of carbonyl (C=O) groups excluding carboxylic acids is 2. The van der Waals surface area contributed by atoms with Gasteiger partial charge < -0.3 is 10.2 Å². The number of amides is 2. The first kappa shape index (κ1) is 20.7. The van der Waals surface area contributed by atoms with E-state index in [1.807, 2.05) is 12.1 Å². The van der Waals surface area contributed by atoms with Gasteiger partial charge in [-0.2, -0.15) is 0 Å². The molecule has 158 valence electrons. The normalized spacial score (nSPS) is 14.3. The molecule has 6 nitrogen and oxygen atoms in total. The summed E-state index contributed by atoms with van der Waals surface area (Å²) in [5.41, 5.74) is 2.92. The fourth-order valence-corrected chi connectivity index (χ4v) is 3.75. The lowest BCUT2D eigenvalue weighted by Crippen LogP contribution is -2.43. The quantitative estimate of drug-likeness (QED) is 0.689. The first-order chi connectivity index (χ1) is 15.1. The third-order valence-electron chi connectivity index (χ3n) is 5.59. The Kier molecular flexibility index (Phi) is 6.31. The molecular weight excluding hydrogens is 395 g/mol. The molecule has 4 rings (SSSR count). The smallest absolute Gasteiger partial charge is 0.253 e. The van der Waals surface area contributed by atoms with Gasteiger partial charge in [-0.3, -0.25) is 9.59 Å². The van der Waals surface area contributed by atoms with Crippen LogP contribution in [0.15, 0.2) is 67.3 Å². The maximum atomic E-state index is 13.7. The number of hydrogen-bond acceptors (Lipinski definition) is 4. The first-order valence-corrected chi connectivity index (χ1v) is 10.3. The second kappa shape index (κ2) is 9.47. The first-order valence-electron chi connectivity index (χ1n) is 10.3. The van der Waals surface area contributed by atoms with Crippen molar-refractivity contribution < 1.29 is 14.0 Å². The summed E-state index contributed by atoms with van der Waals surface area (Å²) < 4.78 is 13.7. The predicted octanol–water partition coefficient (Wildman–Crippen LogP) is 3.45. The third-order valence-corrected chi connectivity index (χ3v) is 5.59. The standard InChI is InChI=1S/C24H23FN4O2/c25-22-4-2-1-3-20(22)15-28-23(30)18-9-11-29(12-10-18)24(31)19-7-5-17(6-8-19)21-13-26-16-27-14-21/h1-8,13-14,16,18H,9-12,15H2,(H,28,30). The van der Waals surface area contributed by atoms with Crippen molar-refractivity contribution in [3.63, 3.8) is 0 Å². The molecule has 7 heteroatoms. The fourth-order valence-electron chi connectivity index (χ4n) is 3.75. The van der Waals surface area contributed by atoms with Crippen molar-refractivity contribution in [3.8, 4) is 11.1 Å². The summed E-state index contributed by atoms with van der Waals surface area (Å²) in [6.45, 7) is 1.21. The molecular formula is C24H23FN4O2. The van der Waals surface area contributed by atoms with Gasteiger partial charge in [0.25, 0.3) is 5.91 Å². The molecule has 3 aromatic rings. The van der Waals surface area contributed by atoms with E-state index in [0.717, 1.165) is 11.1 Å². The van der Waals surface area contributed by atoms with Crippen LogP contribution in [0.3, 0.4) is 0 Å². The van der Waals surface area contributed by atoms with Gasteiger partial charge >= 0.3 is 0 Å². The predicted molar refractivity (Wildman–Crippen MR) is 114 cm³/mol. The Hall–Kier alpha value is -3.61. The number of halogens is 1. The molecule has 1 aliphatic rings. The second-order valence-electron chi connectivity index (χ2n) is 7.58. The van der Waals surface area contributed by atoms with Gasteiger partial charge in [-0.15, -0.1) is 0 Å². The highest BCUT2D eigenvalue weighted by Crippen LogP contribution is 2.22. The van der Waals surface area contributed by atoms with E-state index in [9.17, 15) is 14.0 Å². The highest BCUT2D eigenvalue weighted by Gasteiger charge is 2.27. The molecule has 1 aromatic heterocycles. The summed E-state index contributed by atoms with van der Waals surface area (Å²) in [4.78, 5) is 35.1. The minimum Gasteiger partial charge on any atom is -0.352 e. The minimum atomic E-state index is -0.325. The Morgan fingerprint density at radius 2 is 1.65 bits per heavy atom. The molecule has 0 radical (unpaired) electrons. The number of benzene rings is 2. The van der Waals surface area contributed by atoms with Gasteiger partial charge in [0.2, 0.25) is 5.91 Å². The number of nitrogens with one attached hydrogen (secondary N) is 1. The molecule has 0 saturated carbocycles. The summed E-state index contributed by atoms with van der Waals surface area (Å²) in [6.07, 6.45) is 6.12. The highest BCUT2D eigenvalue weighted by atomic mass is 19.1. The average Bonchev–Trinajstić information content (AvgIpc) is 2.84. The van der Waals surface area contributed by atoms with Gasteiger partial charge in [-0.1, -0.05) is 30.3 Å². The van der Waals surface area contributed by atoms with Crippen LogP contribution >= 0.6 is 0 Å². The molecule has 0 aliphatic carbocycles. The summed E-state index contributed by atoms with van der Waals surface area (Å²) in [5, 5.41) is 2.81. The number of rotatable bonds is 5. The molecule has 0 spiro atoms. The van der Waals surface area contributed by atoms with E-state index >= 15 is 0 Å². The van der Waals surface area contributed by atoms with E-state index < -0.39 is 0 Å². The van der Waals surface area contributed by atoms with Crippen molar-refractivity contribution in [2.24, 2.45) is 5.92 Å².